The number of pyridine rings is 2. The van der Waals surface area contributed by atoms with Gasteiger partial charge in [-0.1, -0.05) is 6.07 Å². The molecular formula is C13H15N3O2. The number of hydrogen-bond acceptors (Lipinski definition) is 4. The van der Waals surface area contributed by atoms with E-state index in [-0.39, 0.29) is 11.2 Å². The van der Waals surface area contributed by atoms with Crippen molar-refractivity contribution in [2.24, 2.45) is 0 Å². The van der Waals surface area contributed by atoms with E-state index in [1.165, 1.54) is 6.07 Å². The highest BCUT2D eigenvalue weighted by Gasteiger charge is 2.16. The normalized spacial score (nSPS) is 11.5. The average molecular weight is 245 g/mol. The summed E-state index contributed by atoms with van der Waals surface area (Å²) in [4.78, 5) is 19.4. The lowest BCUT2D eigenvalue weighted by molar-refractivity contribution is 0.0691. The first-order chi connectivity index (χ1) is 8.37. The molecule has 0 spiro atoms. The molecule has 5 heteroatoms. The van der Waals surface area contributed by atoms with E-state index in [0.29, 0.717) is 11.3 Å². The molecule has 0 saturated carbocycles. The van der Waals surface area contributed by atoms with Crippen LogP contribution < -0.4 is 5.32 Å². The Morgan fingerprint density at radius 1 is 1.39 bits per heavy atom. The molecule has 0 bridgehead atoms. The number of fused-ring (bicyclic) bond motifs is 1. The number of anilines is 1. The van der Waals surface area contributed by atoms with E-state index >= 15 is 0 Å². The smallest absolute Gasteiger partial charge is 0.354 e. The molecule has 0 saturated heterocycles. The van der Waals surface area contributed by atoms with Crippen molar-refractivity contribution in [3.05, 3.63) is 30.1 Å². The molecule has 2 rings (SSSR count). The van der Waals surface area contributed by atoms with E-state index in [1.54, 1.807) is 12.3 Å². The van der Waals surface area contributed by atoms with Crippen LogP contribution in [-0.4, -0.2) is 26.6 Å². The van der Waals surface area contributed by atoms with Crippen molar-refractivity contribution < 1.29 is 9.90 Å². The second-order valence-corrected chi connectivity index (χ2v) is 5.11. The second-order valence-electron chi connectivity index (χ2n) is 5.11. The van der Waals surface area contributed by atoms with E-state index in [9.17, 15) is 4.79 Å². The Hall–Kier alpha value is -2.17. The number of carboxylic acid groups (broad SMARTS) is 1. The van der Waals surface area contributed by atoms with Crippen LogP contribution >= 0.6 is 0 Å². The van der Waals surface area contributed by atoms with Crippen molar-refractivity contribution in [3.63, 3.8) is 0 Å². The maximum atomic E-state index is 11.1. The van der Waals surface area contributed by atoms with Gasteiger partial charge in [0.2, 0.25) is 0 Å². The minimum Gasteiger partial charge on any atom is -0.477 e. The molecule has 94 valence electrons. The summed E-state index contributed by atoms with van der Waals surface area (Å²) in [5.41, 5.74) is 0.480. The first kappa shape index (κ1) is 12.3. The predicted octanol–water partition coefficient (Wildman–Crippen LogP) is 2.54. The largest absolute Gasteiger partial charge is 0.477 e. The van der Waals surface area contributed by atoms with Gasteiger partial charge in [0.25, 0.3) is 0 Å². The number of aromatic nitrogens is 2. The highest BCUT2D eigenvalue weighted by Crippen LogP contribution is 2.23. The monoisotopic (exact) mass is 245 g/mol. The molecule has 0 aliphatic carbocycles. The third kappa shape index (κ3) is 2.56. The molecule has 5 nitrogen and oxygen atoms in total. The van der Waals surface area contributed by atoms with Gasteiger partial charge in [0.05, 0.1) is 0 Å². The molecule has 18 heavy (non-hydrogen) atoms. The average Bonchev–Trinajstić information content (AvgIpc) is 2.26. The number of nitrogens with zero attached hydrogens (tertiary/aromatic N) is 2. The van der Waals surface area contributed by atoms with Gasteiger partial charge >= 0.3 is 5.97 Å². The Morgan fingerprint density at radius 3 is 2.72 bits per heavy atom. The lowest BCUT2D eigenvalue weighted by atomic mass is 10.1. The van der Waals surface area contributed by atoms with Crippen LogP contribution in [0.1, 0.15) is 31.3 Å². The minimum absolute atomic E-state index is 0.0160. The number of aromatic carboxylic acids is 1. The van der Waals surface area contributed by atoms with Crippen LogP contribution in [0.15, 0.2) is 24.4 Å². The lowest BCUT2D eigenvalue weighted by Crippen LogP contribution is -2.27. The van der Waals surface area contributed by atoms with E-state index in [1.807, 2.05) is 26.8 Å². The van der Waals surface area contributed by atoms with E-state index in [2.05, 4.69) is 15.3 Å². The van der Waals surface area contributed by atoms with Crippen molar-refractivity contribution >= 4 is 22.7 Å². The van der Waals surface area contributed by atoms with Crippen molar-refractivity contribution in [1.82, 2.24) is 9.97 Å². The Labute approximate surface area is 105 Å². The number of carbonyl (C=O) groups is 1. The highest BCUT2D eigenvalue weighted by molar-refractivity contribution is 5.95. The Morgan fingerprint density at radius 2 is 2.11 bits per heavy atom. The summed E-state index contributed by atoms with van der Waals surface area (Å²) in [6, 6.07) is 5.12. The van der Waals surface area contributed by atoms with Gasteiger partial charge in [-0.05, 0) is 32.9 Å². The van der Waals surface area contributed by atoms with Gasteiger partial charge in [0.15, 0.2) is 11.5 Å². The molecule has 0 fully saturated rings. The standard InChI is InChI=1S/C13H15N3O2/c1-13(2,3)16-11-10-8(5-4-6-14-10)7-9(15-11)12(17)18/h4-7H,1-3H3,(H,15,16)(H,17,18). The Bertz CT molecular complexity index is 603. The zero-order chi connectivity index (χ0) is 13.3. The fraction of sp³-hybridized carbons (Fsp3) is 0.308. The van der Waals surface area contributed by atoms with Gasteiger partial charge in [-0.25, -0.2) is 9.78 Å². The summed E-state index contributed by atoms with van der Waals surface area (Å²) in [7, 11) is 0. The number of hydrogen-bond donors (Lipinski definition) is 2. The summed E-state index contributed by atoms with van der Waals surface area (Å²) in [5, 5.41) is 13.0. The molecule has 0 radical (unpaired) electrons. The van der Waals surface area contributed by atoms with Crippen molar-refractivity contribution in [2.45, 2.75) is 26.3 Å². The SMILES string of the molecule is CC(C)(C)Nc1nc(C(=O)O)cc2cccnc12. The predicted molar refractivity (Wildman–Crippen MR) is 69.9 cm³/mol. The molecule has 0 unspecified atom stereocenters. The van der Waals surface area contributed by atoms with Crippen LogP contribution in [0.4, 0.5) is 5.82 Å². The molecule has 2 aromatic heterocycles. The van der Waals surface area contributed by atoms with Gasteiger partial charge in [-0.2, -0.15) is 0 Å². The number of nitrogens with one attached hydrogen (secondary N) is 1. The maximum absolute atomic E-state index is 11.1. The van der Waals surface area contributed by atoms with Crippen LogP contribution in [0.3, 0.4) is 0 Å². The van der Waals surface area contributed by atoms with E-state index < -0.39 is 5.97 Å². The quantitative estimate of drug-likeness (QED) is 0.850. The molecular weight excluding hydrogens is 230 g/mol. The van der Waals surface area contributed by atoms with Crippen LogP contribution in [0, 0.1) is 0 Å². The van der Waals surface area contributed by atoms with E-state index in [0.717, 1.165) is 5.39 Å². The van der Waals surface area contributed by atoms with Crippen LogP contribution in [0.2, 0.25) is 0 Å². The van der Waals surface area contributed by atoms with Gasteiger partial charge in [-0.15, -0.1) is 0 Å². The molecule has 0 atom stereocenters. The molecule has 2 aromatic rings. The maximum Gasteiger partial charge on any atom is 0.354 e. The highest BCUT2D eigenvalue weighted by atomic mass is 16.4. The second kappa shape index (κ2) is 4.25. The fourth-order valence-corrected chi connectivity index (χ4v) is 1.64. The number of carboxylic acids is 1. The van der Waals surface area contributed by atoms with Gasteiger partial charge < -0.3 is 10.4 Å². The Balaban J connectivity index is 2.64. The van der Waals surface area contributed by atoms with E-state index in [4.69, 9.17) is 5.11 Å². The topological polar surface area (TPSA) is 75.1 Å². The lowest BCUT2D eigenvalue weighted by Gasteiger charge is -2.22. The third-order valence-corrected chi connectivity index (χ3v) is 2.30. The summed E-state index contributed by atoms with van der Waals surface area (Å²) in [6.07, 6.45) is 1.66. The number of rotatable bonds is 2. The van der Waals surface area contributed by atoms with Crippen LogP contribution in [0.25, 0.3) is 10.9 Å². The summed E-state index contributed by atoms with van der Waals surface area (Å²) in [5.74, 6) is -0.546. The summed E-state index contributed by atoms with van der Waals surface area (Å²) in [6.45, 7) is 5.95. The van der Waals surface area contributed by atoms with Gasteiger partial charge in [-0.3, -0.25) is 4.98 Å². The first-order valence-electron chi connectivity index (χ1n) is 5.64. The van der Waals surface area contributed by atoms with Crippen LogP contribution in [0.5, 0.6) is 0 Å². The minimum atomic E-state index is -1.04. The van der Waals surface area contributed by atoms with Gasteiger partial charge in [0.1, 0.15) is 5.52 Å². The van der Waals surface area contributed by atoms with Crippen molar-refractivity contribution in [1.29, 1.82) is 0 Å². The molecule has 2 heterocycles. The van der Waals surface area contributed by atoms with Crippen molar-refractivity contribution in [3.8, 4) is 0 Å². The fourth-order valence-electron chi connectivity index (χ4n) is 1.64. The first-order valence-corrected chi connectivity index (χ1v) is 5.64. The zero-order valence-corrected chi connectivity index (χ0v) is 10.6. The van der Waals surface area contributed by atoms with Gasteiger partial charge in [0, 0.05) is 17.1 Å². The summed E-state index contributed by atoms with van der Waals surface area (Å²) >= 11 is 0. The third-order valence-electron chi connectivity index (χ3n) is 2.30. The summed E-state index contributed by atoms with van der Waals surface area (Å²) < 4.78 is 0. The molecule has 0 amide bonds. The Kier molecular flexibility index (Phi) is 2.90. The molecule has 2 N–H and O–H groups in total. The molecule has 0 aromatic carbocycles. The molecule has 0 aliphatic heterocycles. The van der Waals surface area contributed by atoms with Crippen LogP contribution in [-0.2, 0) is 0 Å². The zero-order valence-electron chi connectivity index (χ0n) is 10.6. The van der Waals surface area contributed by atoms with Crippen molar-refractivity contribution in [2.75, 3.05) is 5.32 Å². The molecule has 0 aliphatic rings.